The summed E-state index contributed by atoms with van der Waals surface area (Å²) in [6.45, 7) is 0. The molecule has 66 valence electrons. The Morgan fingerprint density at radius 2 is 2.38 bits per heavy atom. The van der Waals surface area contributed by atoms with Crippen molar-refractivity contribution in [2.45, 2.75) is 4.90 Å². The molecule has 1 rings (SSSR count). The minimum atomic E-state index is 0.0708. The molecule has 0 aliphatic heterocycles. The second-order valence-corrected chi connectivity index (χ2v) is 2.77. The summed E-state index contributed by atoms with van der Waals surface area (Å²) in [6.07, 6.45) is 1.68. The van der Waals surface area contributed by atoms with Crippen LogP contribution in [-0.2, 0) is 0 Å². The SMILES string of the molecule is N#CNC(N)=Nc1cccc(S)c1. The smallest absolute Gasteiger partial charge is 0.207 e. The van der Waals surface area contributed by atoms with Gasteiger partial charge in [-0.05, 0) is 18.2 Å². The van der Waals surface area contributed by atoms with E-state index in [1.54, 1.807) is 24.4 Å². The van der Waals surface area contributed by atoms with Crippen molar-refractivity contribution < 1.29 is 0 Å². The standard InChI is InChI=1S/C8H8N4S/c9-5-11-8(10)12-6-2-1-3-7(13)4-6/h1-4,13H,(H3,10,11,12). The van der Waals surface area contributed by atoms with Crippen molar-refractivity contribution in [3.8, 4) is 6.19 Å². The highest BCUT2D eigenvalue weighted by atomic mass is 32.1. The van der Waals surface area contributed by atoms with Crippen LogP contribution in [0.15, 0.2) is 34.2 Å². The molecule has 0 spiro atoms. The molecule has 1 aromatic rings. The highest BCUT2D eigenvalue weighted by Crippen LogP contribution is 2.15. The first-order chi connectivity index (χ1) is 6.22. The molecule has 0 aliphatic rings. The van der Waals surface area contributed by atoms with Crippen LogP contribution in [0.5, 0.6) is 0 Å². The van der Waals surface area contributed by atoms with Crippen molar-refractivity contribution >= 4 is 24.3 Å². The zero-order valence-electron chi connectivity index (χ0n) is 6.73. The summed E-state index contributed by atoms with van der Waals surface area (Å²) < 4.78 is 0. The maximum Gasteiger partial charge on any atom is 0.207 e. The Bertz CT molecular complexity index is 367. The zero-order valence-corrected chi connectivity index (χ0v) is 7.62. The number of rotatable bonds is 1. The predicted molar refractivity (Wildman–Crippen MR) is 53.7 cm³/mol. The molecular formula is C8H8N4S. The van der Waals surface area contributed by atoms with Gasteiger partial charge in [-0.3, -0.25) is 5.32 Å². The molecule has 1 aromatic carbocycles. The van der Waals surface area contributed by atoms with E-state index in [4.69, 9.17) is 11.0 Å². The number of hydrogen-bond donors (Lipinski definition) is 3. The van der Waals surface area contributed by atoms with Crippen LogP contribution in [0.3, 0.4) is 0 Å². The summed E-state index contributed by atoms with van der Waals surface area (Å²) in [5.74, 6) is 0.0708. The van der Waals surface area contributed by atoms with Gasteiger partial charge in [-0.25, -0.2) is 4.99 Å². The van der Waals surface area contributed by atoms with Gasteiger partial charge in [-0.2, -0.15) is 5.26 Å². The van der Waals surface area contributed by atoms with Crippen LogP contribution in [0.25, 0.3) is 0 Å². The highest BCUT2D eigenvalue weighted by molar-refractivity contribution is 7.80. The topological polar surface area (TPSA) is 74.2 Å². The molecule has 0 aromatic heterocycles. The largest absolute Gasteiger partial charge is 0.369 e. The summed E-state index contributed by atoms with van der Waals surface area (Å²) >= 11 is 4.13. The first-order valence-corrected chi connectivity index (χ1v) is 3.95. The number of nitriles is 1. The molecule has 0 fully saturated rings. The van der Waals surface area contributed by atoms with E-state index in [0.29, 0.717) is 5.69 Å². The Hall–Kier alpha value is -1.67. The maximum absolute atomic E-state index is 8.23. The molecule has 0 saturated heterocycles. The second kappa shape index (κ2) is 4.38. The molecule has 5 heteroatoms. The molecule has 0 aliphatic carbocycles. The molecule has 0 atom stereocenters. The molecule has 3 N–H and O–H groups in total. The maximum atomic E-state index is 8.23. The molecular weight excluding hydrogens is 184 g/mol. The lowest BCUT2D eigenvalue weighted by atomic mass is 10.3. The van der Waals surface area contributed by atoms with Gasteiger partial charge >= 0.3 is 0 Å². The number of nitrogens with one attached hydrogen (secondary N) is 1. The number of nitrogens with two attached hydrogens (primary N) is 1. The lowest BCUT2D eigenvalue weighted by molar-refractivity contribution is 1.21. The molecule has 0 saturated carbocycles. The number of thiol groups is 1. The number of guanidine groups is 1. The Morgan fingerprint density at radius 1 is 1.62 bits per heavy atom. The number of benzene rings is 1. The van der Waals surface area contributed by atoms with E-state index in [1.165, 1.54) is 0 Å². The second-order valence-electron chi connectivity index (χ2n) is 2.25. The minimum absolute atomic E-state index is 0.0708. The zero-order chi connectivity index (χ0) is 9.68. The fourth-order valence-corrected chi connectivity index (χ4v) is 1.01. The minimum Gasteiger partial charge on any atom is -0.369 e. The molecule has 0 heterocycles. The average molecular weight is 192 g/mol. The van der Waals surface area contributed by atoms with Crippen LogP contribution in [0.2, 0.25) is 0 Å². The monoisotopic (exact) mass is 192 g/mol. The third kappa shape index (κ3) is 3.05. The Labute approximate surface area is 81.5 Å². The van der Waals surface area contributed by atoms with Gasteiger partial charge in [0.1, 0.15) is 0 Å². The molecule has 0 amide bonds. The van der Waals surface area contributed by atoms with E-state index in [2.05, 4.69) is 22.9 Å². The van der Waals surface area contributed by atoms with E-state index in [1.807, 2.05) is 6.07 Å². The summed E-state index contributed by atoms with van der Waals surface area (Å²) in [4.78, 5) is 4.72. The fraction of sp³-hybridized carbons (Fsp3) is 0. The summed E-state index contributed by atoms with van der Waals surface area (Å²) in [5, 5.41) is 10.5. The van der Waals surface area contributed by atoms with E-state index in [-0.39, 0.29) is 5.96 Å². The van der Waals surface area contributed by atoms with Crippen molar-refractivity contribution in [3.63, 3.8) is 0 Å². The first-order valence-electron chi connectivity index (χ1n) is 3.50. The Morgan fingerprint density at radius 3 is 3.00 bits per heavy atom. The van der Waals surface area contributed by atoms with E-state index >= 15 is 0 Å². The third-order valence-electron chi connectivity index (χ3n) is 1.26. The molecule has 0 unspecified atom stereocenters. The van der Waals surface area contributed by atoms with E-state index < -0.39 is 0 Å². The van der Waals surface area contributed by atoms with Gasteiger partial charge in [0, 0.05) is 4.90 Å². The van der Waals surface area contributed by atoms with Crippen LogP contribution < -0.4 is 11.1 Å². The van der Waals surface area contributed by atoms with Gasteiger partial charge in [0.15, 0.2) is 6.19 Å². The van der Waals surface area contributed by atoms with Crippen LogP contribution >= 0.6 is 12.6 Å². The van der Waals surface area contributed by atoms with Gasteiger partial charge in [0.25, 0.3) is 0 Å². The molecule has 0 bridgehead atoms. The lowest BCUT2D eigenvalue weighted by Crippen LogP contribution is -2.26. The van der Waals surface area contributed by atoms with Gasteiger partial charge in [0.2, 0.25) is 5.96 Å². The first kappa shape index (κ1) is 9.42. The molecule has 0 radical (unpaired) electrons. The number of aliphatic imine (C=N–C) groups is 1. The fourth-order valence-electron chi connectivity index (χ4n) is 0.787. The van der Waals surface area contributed by atoms with E-state index in [0.717, 1.165) is 4.90 Å². The van der Waals surface area contributed by atoms with Gasteiger partial charge in [-0.15, -0.1) is 12.6 Å². The lowest BCUT2D eigenvalue weighted by Gasteiger charge is -1.97. The van der Waals surface area contributed by atoms with Crippen molar-refractivity contribution in [3.05, 3.63) is 24.3 Å². The van der Waals surface area contributed by atoms with Crippen LogP contribution in [0.4, 0.5) is 5.69 Å². The van der Waals surface area contributed by atoms with Crippen molar-refractivity contribution in [1.82, 2.24) is 5.32 Å². The average Bonchev–Trinajstić information content (AvgIpc) is 2.04. The van der Waals surface area contributed by atoms with Gasteiger partial charge in [-0.1, -0.05) is 6.07 Å². The van der Waals surface area contributed by atoms with Gasteiger partial charge in [0.05, 0.1) is 5.69 Å². The van der Waals surface area contributed by atoms with Gasteiger partial charge < -0.3 is 5.73 Å². The predicted octanol–water partition coefficient (Wildman–Crippen LogP) is 0.992. The van der Waals surface area contributed by atoms with Crippen LogP contribution in [-0.4, -0.2) is 5.96 Å². The third-order valence-corrected chi connectivity index (χ3v) is 1.54. The van der Waals surface area contributed by atoms with Crippen LogP contribution in [0.1, 0.15) is 0 Å². The molecule has 4 nitrogen and oxygen atoms in total. The van der Waals surface area contributed by atoms with Crippen molar-refractivity contribution in [1.29, 1.82) is 5.26 Å². The Kier molecular flexibility index (Phi) is 3.17. The summed E-state index contributed by atoms with van der Waals surface area (Å²) in [5.41, 5.74) is 6.02. The summed E-state index contributed by atoms with van der Waals surface area (Å²) in [6, 6.07) is 7.15. The van der Waals surface area contributed by atoms with Crippen molar-refractivity contribution in [2.24, 2.45) is 10.7 Å². The number of hydrogen-bond acceptors (Lipinski definition) is 3. The Balaban J connectivity index is 2.86. The number of nitrogens with zero attached hydrogens (tertiary/aromatic N) is 2. The normalized spacial score (nSPS) is 10.6. The molecule has 13 heavy (non-hydrogen) atoms. The summed E-state index contributed by atoms with van der Waals surface area (Å²) in [7, 11) is 0. The van der Waals surface area contributed by atoms with Crippen molar-refractivity contribution in [2.75, 3.05) is 0 Å². The van der Waals surface area contributed by atoms with E-state index in [9.17, 15) is 0 Å². The van der Waals surface area contributed by atoms with Crippen LogP contribution in [0, 0.1) is 11.5 Å². The highest BCUT2D eigenvalue weighted by Gasteiger charge is 1.92. The quantitative estimate of drug-likeness (QED) is 0.204.